The number of rotatable bonds is 4. The molecule has 5 heteroatoms. The lowest BCUT2D eigenvalue weighted by Crippen LogP contribution is -2.32. The highest BCUT2D eigenvalue weighted by atomic mass is 16.5. The lowest BCUT2D eigenvalue weighted by Gasteiger charge is -2.22. The fraction of sp³-hybridized carbons (Fsp3) is 0.692. The summed E-state index contributed by atoms with van der Waals surface area (Å²) in [5.74, 6) is 2.20. The van der Waals surface area contributed by atoms with Crippen molar-refractivity contribution in [1.82, 2.24) is 20.1 Å². The Hall–Kier alpha value is -1.36. The average Bonchev–Trinajstić information content (AvgIpc) is 2.99. The van der Waals surface area contributed by atoms with E-state index in [1.807, 2.05) is 6.26 Å². The molecule has 0 amide bonds. The van der Waals surface area contributed by atoms with Gasteiger partial charge < -0.3 is 14.6 Å². The second-order valence-corrected chi connectivity index (χ2v) is 5.07. The van der Waals surface area contributed by atoms with Gasteiger partial charge in [-0.15, -0.1) is 10.2 Å². The van der Waals surface area contributed by atoms with E-state index < -0.39 is 0 Å². The predicted octanol–water partition coefficient (Wildman–Crippen LogP) is 1.57. The summed E-state index contributed by atoms with van der Waals surface area (Å²) in [7, 11) is 0. The number of hydrogen-bond donors (Lipinski definition) is 1. The first-order valence-electron chi connectivity index (χ1n) is 6.80. The van der Waals surface area contributed by atoms with E-state index in [1.165, 1.54) is 6.42 Å². The molecule has 2 unspecified atom stereocenters. The summed E-state index contributed by atoms with van der Waals surface area (Å²) >= 11 is 0. The molecular formula is C13H20N4O. The Morgan fingerprint density at radius 2 is 2.50 bits per heavy atom. The van der Waals surface area contributed by atoms with Crippen LogP contribution in [0, 0.1) is 0 Å². The van der Waals surface area contributed by atoms with E-state index in [1.54, 1.807) is 0 Å². The van der Waals surface area contributed by atoms with Crippen LogP contribution in [0.2, 0.25) is 0 Å². The van der Waals surface area contributed by atoms with Crippen LogP contribution in [0.4, 0.5) is 0 Å². The van der Waals surface area contributed by atoms with Gasteiger partial charge in [-0.3, -0.25) is 0 Å². The number of nitrogens with one attached hydrogen (secondary N) is 1. The summed E-state index contributed by atoms with van der Waals surface area (Å²) in [6.45, 7) is 4.08. The van der Waals surface area contributed by atoms with Gasteiger partial charge in [0.05, 0.1) is 12.3 Å². The Morgan fingerprint density at radius 3 is 3.33 bits per heavy atom. The van der Waals surface area contributed by atoms with Gasteiger partial charge in [0, 0.05) is 19.5 Å². The fourth-order valence-electron chi connectivity index (χ4n) is 2.63. The molecule has 0 saturated carbocycles. The Balaban J connectivity index is 1.57. The number of nitrogens with zero attached hydrogens (tertiary/aromatic N) is 3. The highest BCUT2D eigenvalue weighted by molar-refractivity contribution is 5.04. The molecule has 0 radical (unpaired) electrons. The normalized spacial score (nSPS) is 23.7. The standard InChI is InChI=1S/C13H20N4O/c1-10(14-9-11-5-2-3-8-18-11)13-16-15-12-6-4-7-17(12)13/h3,8,10-11,14H,2,4-7,9H2,1H3. The van der Waals surface area contributed by atoms with E-state index in [0.29, 0.717) is 6.10 Å². The van der Waals surface area contributed by atoms with E-state index in [4.69, 9.17) is 4.74 Å². The smallest absolute Gasteiger partial charge is 0.149 e. The number of aromatic nitrogens is 3. The average molecular weight is 248 g/mol. The van der Waals surface area contributed by atoms with Gasteiger partial charge in [-0.25, -0.2) is 0 Å². The Kier molecular flexibility index (Phi) is 3.32. The molecule has 0 aliphatic carbocycles. The molecule has 1 aromatic heterocycles. The number of ether oxygens (including phenoxy) is 1. The first kappa shape index (κ1) is 11.7. The van der Waals surface area contributed by atoms with Crippen molar-refractivity contribution in [2.45, 2.75) is 51.3 Å². The van der Waals surface area contributed by atoms with Crippen molar-refractivity contribution >= 4 is 0 Å². The van der Waals surface area contributed by atoms with Crippen molar-refractivity contribution in [3.8, 4) is 0 Å². The molecule has 2 aliphatic heterocycles. The molecule has 3 rings (SSSR count). The topological polar surface area (TPSA) is 52.0 Å². The molecule has 0 aromatic carbocycles. The minimum Gasteiger partial charge on any atom is -0.497 e. The summed E-state index contributed by atoms with van der Waals surface area (Å²) in [6, 6.07) is 0.235. The van der Waals surface area contributed by atoms with Crippen LogP contribution >= 0.6 is 0 Å². The molecule has 2 aliphatic rings. The second kappa shape index (κ2) is 5.10. The van der Waals surface area contributed by atoms with E-state index in [9.17, 15) is 0 Å². The van der Waals surface area contributed by atoms with Gasteiger partial charge in [-0.1, -0.05) is 0 Å². The summed E-state index contributed by atoms with van der Waals surface area (Å²) < 4.78 is 7.80. The first-order valence-corrected chi connectivity index (χ1v) is 6.80. The molecule has 1 aromatic rings. The van der Waals surface area contributed by atoms with Gasteiger partial charge in [0.1, 0.15) is 17.8 Å². The van der Waals surface area contributed by atoms with E-state index in [0.717, 1.165) is 44.0 Å². The third-order valence-electron chi connectivity index (χ3n) is 3.70. The molecule has 2 atom stereocenters. The minimum atomic E-state index is 0.235. The van der Waals surface area contributed by atoms with Crippen molar-refractivity contribution in [2.75, 3.05) is 6.54 Å². The Bertz CT molecular complexity index is 440. The van der Waals surface area contributed by atoms with E-state index in [2.05, 4.69) is 33.1 Å². The number of hydrogen-bond acceptors (Lipinski definition) is 4. The van der Waals surface area contributed by atoms with E-state index in [-0.39, 0.29) is 6.04 Å². The van der Waals surface area contributed by atoms with Crippen molar-refractivity contribution in [2.24, 2.45) is 0 Å². The van der Waals surface area contributed by atoms with Crippen LogP contribution < -0.4 is 5.32 Å². The molecule has 0 fully saturated rings. The van der Waals surface area contributed by atoms with Gasteiger partial charge in [-0.2, -0.15) is 0 Å². The summed E-state index contributed by atoms with van der Waals surface area (Å²) in [6.07, 6.45) is 8.64. The Labute approximate surface area is 107 Å². The number of aryl methyl sites for hydroxylation is 1. The van der Waals surface area contributed by atoms with Gasteiger partial charge >= 0.3 is 0 Å². The third kappa shape index (κ3) is 2.27. The summed E-state index contributed by atoms with van der Waals surface area (Å²) in [5, 5.41) is 12.0. The van der Waals surface area contributed by atoms with Gasteiger partial charge in [0.2, 0.25) is 0 Å². The molecule has 0 spiro atoms. The van der Waals surface area contributed by atoms with Crippen molar-refractivity contribution < 1.29 is 4.74 Å². The SMILES string of the molecule is CC(NCC1CCC=CO1)c1nnc2n1CCC2. The third-order valence-corrected chi connectivity index (χ3v) is 3.70. The molecular weight excluding hydrogens is 228 g/mol. The maximum Gasteiger partial charge on any atom is 0.149 e. The predicted molar refractivity (Wildman–Crippen MR) is 68.0 cm³/mol. The zero-order chi connectivity index (χ0) is 12.4. The van der Waals surface area contributed by atoms with Gasteiger partial charge in [0.25, 0.3) is 0 Å². The lowest BCUT2D eigenvalue weighted by molar-refractivity contribution is 0.119. The van der Waals surface area contributed by atoms with Crippen LogP contribution in [0.5, 0.6) is 0 Å². The number of allylic oxidation sites excluding steroid dienone is 1. The van der Waals surface area contributed by atoms with Gasteiger partial charge in [-0.05, 0) is 32.3 Å². The molecule has 0 bridgehead atoms. The minimum absolute atomic E-state index is 0.235. The monoisotopic (exact) mass is 248 g/mol. The molecule has 98 valence electrons. The fourth-order valence-corrected chi connectivity index (χ4v) is 2.63. The molecule has 0 saturated heterocycles. The lowest BCUT2D eigenvalue weighted by atomic mass is 10.1. The highest BCUT2D eigenvalue weighted by Crippen LogP contribution is 2.19. The van der Waals surface area contributed by atoms with Crippen LogP contribution in [0.15, 0.2) is 12.3 Å². The van der Waals surface area contributed by atoms with Crippen LogP contribution in [0.1, 0.15) is 43.9 Å². The maximum atomic E-state index is 5.55. The largest absolute Gasteiger partial charge is 0.497 e. The second-order valence-electron chi connectivity index (χ2n) is 5.07. The highest BCUT2D eigenvalue weighted by Gasteiger charge is 2.22. The molecule has 5 nitrogen and oxygen atoms in total. The van der Waals surface area contributed by atoms with Crippen LogP contribution in [-0.4, -0.2) is 27.4 Å². The molecule has 3 heterocycles. The first-order chi connectivity index (χ1) is 8.84. The maximum absolute atomic E-state index is 5.55. The van der Waals surface area contributed by atoms with Crippen LogP contribution in [-0.2, 0) is 17.7 Å². The van der Waals surface area contributed by atoms with Crippen LogP contribution in [0.25, 0.3) is 0 Å². The zero-order valence-corrected chi connectivity index (χ0v) is 10.8. The van der Waals surface area contributed by atoms with Crippen LogP contribution in [0.3, 0.4) is 0 Å². The summed E-state index contributed by atoms with van der Waals surface area (Å²) in [4.78, 5) is 0. The van der Waals surface area contributed by atoms with Gasteiger partial charge in [0.15, 0.2) is 0 Å². The van der Waals surface area contributed by atoms with Crippen molar-refractivity contribution in [3.05, 3.63) is 24.0 Å². The van der Waals surface area contributed by atoms with Crippen molar-refractivity contribution in [3.63, 3.8) is 0 Å². The van der Waals surface area contributed by atoms with E-state index >= 15 is 0 Å². The quantitative estimate of drug-likeness (QED) is 0.878. The zero-order valence-electron chi connectivity index (χ0n) is 10.8. The number of fused-ring (bicyclic) bond motifs is 1. The summed E-state index contributed by atoms with van der Waals surface area (Å²) in [5.41, 5.74) is 0. The molecule has 1 N–H and O–H groups in total. The van der Waals surface area contributed by atoms with Crippen molar-refractivity contribution in [1.29, 1.82) is 0 Å². The molecule has 18 heavy (non-hydrogen) atoms. The Morgan fingerprint density at radius 1 is 1.56 bits per heavy atom.